The predicted octanol–water partition coefficient (Wildman–Crippen LogP) is 0.938. The fraction of sp³-hybridized carbons (Fsp3) is 0.444. The summed E-state index contributed by atoms with van der Waals surface area (Å²) < 4.78 is 1.70. The van der Waals surface area contributed by atoms with Gasteiger partial charge in [0.15, 0.2) is 5.96 Å². The van der Waals surface area contributed by atoms with E-state index in [1.165, 1.54) is 0 Å². The first-order valence-corrected chi connectivity index (χ1v) is 8.81. The molecule has 1 N–H and O–H groups in total. The number of amides is 1. The van der Waals surface area contributed by atoms with Gasteiger partial charge in [0.05, 0.1) is 24.1 Å². The average molecular weight is 355 g/mol. The topological polar surface area (TPSA) is 78.7 Å². The van der Waals surface area contributed by atoms with Crippen LogP contribution in [-0.2, 0) is 18.4 Å². The Morgan fingerprint density at radius 1 is 1.38 bits per heavy atom. The molecule has 26 heavy (non-hydrogen) atoms. The van der Waals surface area contributed by atoms with E-state index in [0.29, 0.717) is 26.2 Å². The molecule has 0 spiro atoms. The van der Waals surface area contributed by atoms with Gasteiger partial charge in [0, 0.05) is 39.1 Å². The number of aryl methyl sites for hydroxylation is 2. The van der Waals surface area contributed by atoms with Crippen molar-refractivity contribution in [3.05, 3.63) is 42.0 Å². The molecule has 0 aromatic carbocycles. The maximum atomic E-state index is 12.6. The molecule has 0 atom stereocenters. The van der Waals surface area contributed by atoms with E-state index >= 15 is 0 Å². The van der Waals surface area contributed by atoms with Crippen molar-refractivity contribution in [3.8, 4) is 0 Å². The first kappa shape index (κ1) is 17.9. The van der Waals surface area contributed by atoms with Crippen molar-refractivity contribution in [1.29, 1.82) is 0 Å². The van der Waals surface area contributed by atoms with Crippen molar-refractivity contribution < 1.29 is 4.79 Å². The van der Waals surface area contributed by atoms with E-state index in [1.54, 1.807) is 22.0 Å². The van der Waals surface area contributed by atoms with Crippen molar-refractivity contribution in [2.24, 2.45) is 12.0 Å². The molecule has 0 aliphatic carbocycles. The van der Waals surface area contributed by atoms with Crippen LogP contribution in [0.15, 0.2) is 35.7 Å². The quantitative estimate of drug-likeness (QED) is 0.652. The molecule has 0 unspecified atom stereocenters. The van der Waals surface area contributed by atoms with Crippen molar-refractivity contribution in [1.82, 2.24) is 25.0 Å². The van der Waals surface area contributed by atoms with Crippen LogP contribution in [0.25, 0.3) is 0 Å². The summed E-state index contributed by atoms with van der Waals surface area (Å²) in [5.41, 5.74) is 2.90. The van der Waals surface area contributed by atoms with E-state index in [-0.39, 0.29) is 5.91 Å². The van der Waals surface area contributed by atoms with Gasteiger partial charge in [-0.1, -0.05) is 6.07 Å². The summed E-state index contributed by atoms with van der Waals surface area (Å²) in [7, 11) is 1.85. The first-order chi connectivity index (χ1) is 12.6. The standard InChI is InChI=1S/C18H25N7O/c1-4-19-18(21-11-16-14(2)6-5-7-20-16)24-8-9-25(17(26)13-24)15-10-22-23(3)12-15/h5-7,10,12H,4,8-9,11,13H2,1-3H3,(H,19,21). The van der Waals surface area contributed by atoms with E-state index in [2.05, 4.69) is 20.4 Å². The second kappa shape index (κ2) is 7.99. The van der Waals surface area contributed by atoms with Gasteiger partial charge in [0.25, 0.3) is 0 Å². The Hall–Kier alpha value is -2.90. The normalized spacial score (nSPS) is 15.5. The van der Waals surface area contributed by atoms with Crippen LogP contribution in [0, 0.1) is 6.92 Å². The molecular weight excluding hydrogens is 330 g/mol. The Morgan fingerprint density at radius 3 is 2.88 bits per heavy atom. The number of carbonyl (C=O) groups excluding carboxylic acids is 1. The molecule has 2 aromatic rings. The molecule has 138 valence electrons. The Morgan fingerprint density at radius 2 is 2.23 bits per heavy atom. The molecule has 2 aromatic heterocycles. The number of anilines is 1. The van der Waals surface area contributed by atoms with E-state index in [9.17, 15) is 4.79 Å². The molecule has 0 bridgehead atoms. The first-order valence-electron chi connectivity index (χ1n) is 8.81. The number of nitrogens with zero attached hydrogens (tertiary/aromatic N) is 6. The van der Waals surface area contributed by atoms with Gasteiger partial charge < -0.3 is 15.1 Å². The molecule has 1 saturated heterocycles. The summed E-state index contributed by atoms with van der Waals surface area (Å²) in [6.45, 7) is 6.91. The zero-order valence-electron chi connectivity index (χ0n) is 15.5. The molecule has 3 rings (SSSR count). The summed E-state index contributed by atoms with van der Waals surface area (Å²) in [5, 5.41) is 7.43. The van der Waals surface area contributed by atoms with Crippen molar-refractivity contribution >= 4 is 17.6 Å². The van der Waals surface area contributed by atoms with Crippen LogP contribution in [0.1, 0.15) is 18.2 Å². The monoisotopic (exact) mass is 355 g/mol. The number of aromatic nitrogens is 3. The summed E-state index contributed by atoms with van der Waals surface area (Å²) in [6, 6.07) is 3.95. The lowest BCUT2D eigenvalue weighted by Gasteiger charge is -2.35. The minimum absolute atomic E-state index is 0.0452. The minimum Gasteiger partial charge on any atom is -0.356 e. The van der Waals surface area contributed by atoms with E-state index in [1.807, 2.05) is 44.1 Å². The van der Waals surface area contributed by atoms with E-state index in [4.69, 9.17) is 0 Å². The molecular formula is C18H25N7O. The van der Waals surface area contributed by atoms with Gasteiger partial charge in [0.1, 0.15) is 6.54 Å². The van der Waals surface area contributed by atoms with E-state index < -0.39 is 0 Å². The Kier molecular flexibility index (Phi) is 5.50. The van der Waals surface area contributed by atoms with Crippen molar-refractivity contribution in [2.75, 3.05) is 31.1 Å². The third-order valence-corrected chi connectivity index (χ3v) is 4.35. The highest BCUT2D eigenvalue weighted by atomic mass is 16.2. The SMILES string of the molecule is CCNC(=NCc1ncccc1C)N1CCN(c2cnn(C)c2)C(=O)C1. The van der Waals surface area contributed by atoms with E-state index in [0.717, 1.165) is 29.4 Å². The van der Waals surface area contributed by atoms with Crippen LogP contribution in [0.2, 0.25) is 0 Å². The Balaban J connectivity index is 1.70. The minimum atomic E-state index is 0.0452. The molecule has 3 heterocycles. The maximum absolute atomic E-state index is 12.6. The van der Waals surface area contributed by atoms with Gasteiger partial charge in [-0.25, -0.2) is 4.99 Å². The maximum Gasteiger partial charge on any atom is 0.246 e. The molecule has 8 heteroatoms. The van der Waals surface area contributed by atoms with Gasteiger partial charge in [-0.2, -0.15) is 5.10 Å². The van der Waals surface area contributed by atoms with Crippen LogP contribution in [0.5, 0.6) is 0 Å². The number of hydrogen-bond donors (Lipinski definition) is 1. The average Bonchev–Trinajstić information content (AvgIpc) is 3.06. The summed E-state index contributed by atoms with van der Waals surface area (Å²) in [6.07, 6.45) is 5.36. The van der Waals surface area contributed by atoms with Gasteiger partial charge in [-0.15, -0.1) is 0 Å². The number of aliphatic imine (C=N–C) groups is 1. The van der Waals surface area contributed by atoms with Gasteiger partial charge in [-0.05, 0) is 25.5 Å². The fourth-order valence-corrected chi connectivity index (χ4v) is 2.93. The molecule has 0 saturated carbocycles. The second-order valence-electron chi connectivity index (χ2n) is 6.28. The molecule has 1 aliphatic rings. The highest BCUT2D eigenvalue weighted by molar-refractivity contribution is 5.98. The van der Waals surface area contributed by atoms with Crippen molar-refractivity contribution in [2.45, 2.75) is 20.4 Å². The van der Waals surface area contributed by atoms with Crippen LogP contribution in [0.3, 0.4) is 0 Å². The lowest BCUT2D eigenvalue weighted by molar-refractivity contribution is -0.120. The van der Waals surface area contributed by atoms with Crippen LogP contribution in [-0.4, -0.2) is 57.7 Å². The van der Waals surface area contributed by atoms with Gasteiger partial charge in [0.2, 0.25) is 5.91 Å². The predicted molar refractivity (Wildman–Crippen MR) is 101 cm³/mol. The smallest absolute Gasteiger partial charge is 0.246 e. The lowest BCUT2D eigenvalue weighted by Crippen LogP contribution is -2.55. The van der Waals surface area contributed by atoms with Gasteiger partial charge in [-0.3, -0.25) is 14.5 Å². The molecule has 8 nitrogen and oxygen atoms in total. The number of pyridine rings is 1. The Labute approximate surface area is 153 Å². The van der Waals surface area contributed by atoms with Crippen molar-refractivity contribution in [3.63, 3.8) is 0 Å². The van der Waals surface area contributed by atoms with Crippen LogP contribution < -0.4 is 10.2 Å². The summed E-state index contributed by atoms with van der Waals surface area (Å²) in [4.78, 5) is 25.4. The third kappa shape index (κ3) is 4.01. The largest absolute Gasteiger partial charge is 0.356 e. The zero-order valence-corrected chi connectivity index (χ0v) is 15.5. The summed E-state index contributed by atoms with van der Waals surface area (Å²) in [5.74, 6) is 0.792. The lowest BCUT2D eigenvalue weighted by atomic mass is 10.2. The molecule has 1 fully saturated rings. The fourth-order valence-electron chi connectivity index (χ4n) is 2.93. The highest BCUT2D eigenvalue weighted by Crippen LogP contribution is 2.16. The zero-order chi connectivity index (χ0) is 18.5. The number of carbonyl (C=O) groups is 1. The molecule has 1 aliphatic heterocycles. The number of guanidine groups is 1. The summed E-state index contributed by atoms with van der Waals surface area (Å²) >= 11 is 0. The highest BCUT2D eigenvalue weighted by Gasteiger charge is 2.27. The van der Waals surface area contributed by atoms with Crippen LogP contribution >= 0.6 is 0 Å². The van der Waals surface area contributed by atoms with Crippen LogP contribution in [0.4, 0.5) is 5.69 Å². The van der Waals surface area contributed by atoms with Gasteiger partial charge >= 0.3 is 0 Å². The Bertz CT molecular complexity index is 798. The second-order valence-corrected chi connectivity index (χ2v) is 6.28. The molecule has 0 radical (unpaired) electrons. The number of piperazine rings is 1. The molecule has 1 amide bonds. The number of nitrogens with one attached hydrogen (secondary N) is 1. The number of hydrogen-bond acceptors (Lipinski definition) is 4. The number of rotatable bonds is 4. The third-order valence-electron chi connectivity index (χ3n) is 4.35.